The number of rotatable bonds is 6. The first kappa shape index (κ1) is 14.2. The van der Waals surface area contributed by atoms with Crippen LogP contribution in [0.5, 0.6) is 0 Å². The highest BCUT2D eigenvalue weighted by molar-refractivity contribution is 9.10. The van der Waals surface area contributed by atoms with Gasteiger partial charge >= 0.3 is 5.97 Å². The van der Waals surface area contributed by atoms with E-state index in [0.29, 0.717) is 6.61 Å². The van der Waals surface area contributed by atoms with E-state index in [1.165, 1.54) is 0 Å². The highest BCUT2D eigenvalue weighted by Crippen LogP contribution is 2.23. The van der Waals surface area contributed by atoms with Crippen molar-refractivity contribution in [2.75, 3.05) is 6.61 Å². The fraction of sp³-hybridized carbons (Fsp3) is 0.462. The van der Waals surface area contributed by atoms with Gasteiger partial charge in [0.1, 0.15) is 0 Å². The zero-order valence-electron chi connectivity index (χ0n) is 9.99. The molecule has 0 saturated carbocycles. The summed E-state index contributed by atoms with van der Waals surface area (Å²) in [5, 5.41) is 0. The standard InChI is InChI=1S/C13H18BrNO2/c1-2-3-8-17-13(16)9-12(15)10-6-4-5-7-11(10)14/h4-7,12H,2-3,8-9,15H2,1H3. The van der Waals surface area contributed by atoms with Crippen molar-refractivity contribution in [1.82, 2.24) is 0 Å². The molecule has 0 heterocycles. The molecule has 1 aromatic rings. The number of nitrogens with two attached hydrogens (primary N) is 1. The van der Waals surface area contributed by atoms with Crippen molar-refractivity contribution in [3.63, 3.8) is 0 Å². The monoisotopic (exact) mass is 299 g/mol. The van der Waals surface area contributed by atoms with Crippen LogP contribution in [0.1, 0.15) is 37.8 Å². The molecule has 0 aliphatic carbocycles. The Kier molecular flexibility index (Phi) is 6.22. The smallest absolute Gasteiger partial charge is 0.307 e. The van der Waals surface area contributed by atoms with Crippen LogP contribution in [-0.2, 0) is 9.53 Å². The summed E-state index contributed by atoms with van der Waals surface area (Å²) in [5.41, 5.74) is 6.90. The Labute approximate surface area is 110 Å². The maximum absolute atomic E-state index is 11.5. The number of ether oxygens (including phenoxy) is 1. The van der Waals surface area contributed by atoms with Crippen LogP contribution in [0.15, 0.2) is 28.7 Å². The third kappa shape index (κ3) is 4.88. The van der Waals surface area contributed by atoms with E-state index in [2.05, 4.69) is 22.9 Å². The second-order valence-electron chi connectivity index (χ2n) is 3.91. The normalized spacial score (nSPS) is 12.2. The van der Waals surface area contributed by atoms with Gasteiger partial charge in [0, 0.05) is 10.5 Å². The van der Waals surface area contributed by atoms with Crippen molar-refractivity contribution in [2.24, 2.45) is 5.73 Å². The van der Waals surface area contributed by atoms with E-state index in [-0.39, 0.29) is 18.4 Å². The molecule has 0 amide bonds. The van der Waals surface area contributed by atoms with Crippen LogP contribution in [0.4, 0.5) is 0 Å². The van der Waals surface area contributed by atoms with Crippen LogP contribution < -0.4 is 5.73 Å². The number of benzene rings is 1. The predicted molar refractivity (Wildman–Crippen MR) is 71.6 cm³/mol. The molecule has 94 valence electrons. The van der Waals surface area contributed by atoms with E-state index in [4.69, 9.17) is 10.5 Å². The Balaban J connectivity index is 2.46. The molecule has 1 aromatic carbocycles. The largest absolute Gasteiger partial charge is 0.466 e. The number of esters is 1. The highest BCUT2D eigenvalue weighted by atomic mass is 79.9. The highest BCUT2D eigenvalue weighted by Gasteiger charge is 2.14. The number of hydrogen-bond donors (Lipinski definition) is 1. The average Bonchev–Trinajstić information content (AvgIpc) is 2.29. The first-order valence-electron chi connectivity index (χ1n) is 5.80. The third-order valence-electron chi connectivity index (χ3n) is 2.45. The first-order valence-corrected chi connectivity index (χ1v) is 6.60. The van der Waals surface area contributed by atoms with Crippen molar-refractivity contribution in [3.8, 4) is 0 Å². The van der Waals surface area contributed by atoms with Crippen LogP contribution in [0.2, 0.25) is 0 Å². The van der Waals surface area contributed by atoms with Gasteiger partial charge in [-0.1, -0.05) is 47.5 Å². The molecule has 17 heavy (non-hydrogen) atoms. The summed E-state index contributed by atoms with van der Waals surface area (Å²) in [5.74, 6) is -0.235. The van der Waals surface area contributed by atoms with Gasteiger partial charge < -0.3 is 10.5 Å². The van der Waals surface area contributed by atoms with Crippen LogP contribution >= 0.6 is 15.9 Å². The molecule has 1 rings (SSSR count). The van der Waals surface area contributed by atoms with Gasteiger partial charge in [0.2, 0.25) is 0 Å². The maximum Gasteiger partial charge on any atom is 0.307 e. The van der Waals surface area contributed by atoms with Crippen molar-refractivity contribution in [1.29, 1.82) is 0 Å². The number of carbonyl (C=O) groups is 1. The summed E-state index contributed by atoms with van der Waals surface area (Å²) < 4.78 is 6.01. The molecular weight excluding hydrogens is 282 g/mol. The molecule has 4 heteroatoms. The quantitative estimate of drug-likeness (QED) is 0.648. The SMILES string of the molecule is CCCCOC(=O)CC(N)c1ccccc1Br. The topological polar surface area (TPSA) is 52.3 Å². The van der Waals surface area contributed by atoms with Gasteiger partial charge in [0.25, 0.3) is 0 Å². The molecule has 0 spiro atoms. The van der Waals surface area contributed by atoms with Gasteiger partial charge in [-0.2, -0.15) is 0 Å². The summed E-state index contributed by atoms with van der Waals surface area (Å²) in [4.78, 5) is 11.5. The van der Waals surface area contributed by atoms with E-state index < -0.39 is 0 Å². The lowest BCUT2D eigenvalue weighted by atomic mass is 10.1. The number of unbranched alkanes of at least 4 members (excludes halogenated alkanes) is 1. The fourth-order valence-corrected chi connectivity index (χ4v) is 2.03. The average molecular weight is 300 g/mol. The summed E-state index contributed by atoms with van der Waals surface area (Å²) in [6, 6.07) is 7.33. The van der Waals surface area contributed by atoms with E-state index >= 15 is 0 Å². The van der Waals surface area contributed by atoms with Crippen LogP contribution in [0.3, 0.4) is 0 Å². The molecule has 0 radical (unpaired) electrons. The van der Waals surface area contributed by atoms with Crippen molar-refractivity contribution >= 4 is 21.9 Å². The number of carbonyl (C=O) groups excluding carboxylic acids is 1. The molecule has 0 aliphatic heterocycles. The van der Waals surface area contributed by atoms with Crippen molar-refractivity contribution in [3.05, 3.63) is 34.3 Å². The van der Waals surface area contributed by atoms with E-state index in [1.807, 2.05) is 24.3 Å². The Morgan fingerprint density at radius 3 is 2.82 bits per heavy atom. The molecule has 3 nitrogen and oxygen atoms in total. The lowest BCUT2D eigenvalue weighted by Gasteiger charge is -2.13. The molecule has 0 saturated heterocycles. The van der Waals surface area contributed by atoms with Crippen molar-refractivity contribution in [2.45, 2.75) is 32.2 Å². The molecule has 2 N–H and O–H groups in total. The summed E-state index contributed by atoms with van der Waals surface area (Å²) in [6.07, 6.45) is 2.13. The Hall–Kier alpha value is -0.870. The summed E-state index contributed by atoms with van der Waals surface area (Å²) >= 11 is 3.42. The van der Waals surface area contributed by atoms with Gasteiger partial charge in [-0.25, -0.2) is 0 Å². The molecule has 1 atom stereocenters. The molecule has 0 fully saturated rings. The minimum Gasteiger partial charge on any atom is -0.466 e. The van der Waals surface area contributed by atoms with Crippen LogP contribution in [0, 0.1) is 0 Å². The molecule has 0 aromatic heterocycles. The van der Waals surface area contributed by atoms with Gasteiger partial charge in [-0.3, -0.25) is 4.79 Å². The molecule has 0 bridgehead atoms. The maximum atomic E-state index is 11.5. The molecular formula is C13H18BrNO2. The lowest BCUT2D eigenvalue weighted by molar-refractivity contribution is -0.144. The summed E-state index contributed by atoms with van der Waals surface area (Å²) in [7, 11) is 0. The van der Waals surface area contributed by atoms with Gasteiger partial charge in [-0.05, 0) is 18.1 Å². The fourth-order valence-electron chi connectivity index (χ4n) is 1.45. The second-order valence-corrected chi connectivity index (χ2v) is 4.76. The van der Waals surface area contributed by atoms with Crippen molar-refractivity contribution < 1.29 is 9.53 Å². The minimum absolute atomic E-state index is 0.215. The molecule has 1 unspecified atom stereocenters. The second kappa shape index (κ2) is 7.45. The van der Waals surface area contributed by atoms with Gasteiger partial charge in [0.05, 0.1) is 13.0 Å². The lowest BCUT2D eigenvalue weighted by Crippen LogP contribution is -2.18. The number of hydrogen-bond acceptors (Lipinski definition) is 3. The van der Waals surface area contributed by atoms with Gasteiger partial charge in [-0.15, -0.1) is 0 Å². The Bertz CT molecular complexity index is 368. The Morgan fingerprint density at radius 1 is 1.47 bits per heavy atom. The predicted octanol–water partition coefficient (Wildman–Crippen LogP) is 3.18. The van der Waals surface area contributed by atoms with Crippen LogP contribution in [-0.4, -0.2) is 12.6 Å². The van der Waals surface area contributed by atoms with E-state index in [0.717, 1.165) is 22.9 Å². The Morgan fingerprint density at radius 2 is 2.18 bits per heavy atom. The van der Waals surface area contributed by atoms with Crippen LogP contribution in [0.25, 0.3) is 0 Å². The zero-order valence-corrected chi connectivity index (χ0v) is 11.6. The zero-order chi connectivity index (χ0) is 12.7. The third-order valence-corrected chi connectivity index (χ3v) is 3.17. The minimum atomic E-state index is -0.320. The number of halogens is 1. The summed E-state index contributed by atoms with van der Waals surface area (Å²) in [6.45, 7) is 2.54. The van der Waals surface area contributed by atoms with Gasteiger partial charge in [0.15, 0.2) is 0 Å². The van der Waals surface area contributed by atoms with E-state index in [9.17, 15) is 4.79 Å². The van der Waals surface area contributed by atoms with E-state index in [1.54, 1.807) is 0 Å². The first-order chi connectivity index (χ1) is 8.15. The molecule has 0 aliphatic rings.